The topological polar surface area (TPSA) is 49.6 Å². The lowest BCUT2D eigenvalue weighted by atomic mass is 10.00. The van der Waals surface area contributed by atoms with Crippen LogP contribution in [0.3, 0.4) is 0 Å². The van der Waals surface area contributed by atoms with Gasteiger partial charge in [-0.2, -0.15) is 0 Å². The standard InChI is InChI=1S/C13H27N3O/c1-10(2)9-12(14)13(17)16(4)11-5-7-15(3)8-6-11/h10-12H,5-9,14H2,1-4H3/t12-/m0/s1. The molecule has 1 fully saturated rings. The van der Waals surface area contributed by atoms with Gasteiger partial charge in [-0.1, -0.05) is 13.8 Å². The Morgan fingerprint density at radius 2 is 1.94 bits per heavy atom. The summed E-state index contributed by atoms with van der Waals surface area (Å²) in [5.74, 6) is 0.577. The Labute approximate surface area is 105 Å². The van der Waals surface area contributed by atoms with Crippen LogP contribution in [0.1, 0.15) is 33.1 Å². The van der Waals surface area contributed by atoms with Gasteiger partial charge < -0.3 is 15.5 Å². The van der Waals surface area contributed by atoms with Crippen LogP contribution in [0, 0.1) is 5.92 Å². The number of carbonyl (C=O) groups excluding carboxylic acids is 1. The van der Waals surface area contributed by atoms with Crippen LogP contribution < -0.4 is 5.73 Å². The summed E-state index contributed by atoms with van der Waals surface area (Å²) in [5.41, 5.74) is 5.95. The number of amides is 1. The first kappa shape index (κ1) is 14.5. The van der Waals surface area contributed by atoms with Crippen LogP contribution >= 0.6 is 0 Å². The van der Waals surface area contributed by atoms with E-state index in [2.05, 4.69) is 25.8 Å². The lowest BCUT2D eigenvalue weighted by molar-refractivity contribution is -0.134. The number of hydrogen-bond donors (Lipinski definition) is 1. The molecule has 0 aromatic carbocycles. The van der Waals surface area contributed by atoms with Gasteiger partial charge in [0, 0.05) is 13.1 Å². The lowest BCUT2D eigenvalue weighted by Gasteiger charge is -2.36. The van der Waals surface area contributed by atoms with Crippen LogP contribution in [0.2, 0.25) is 0 Å². The Morgan fingerprint density at radius 1 is 1.41 bits per heavy atom. The van der Waals surface area contributed by atoms with Crippen LogP contribution in [0.15, 0.2) is 0 Å². The molecule has 1 aliphatic heterocycles. The van der Waals surface area contributed by atoms with Crippen LogP contribution in [0.4, 0.5) is 0 Å². The first-order valence-corrected chi connectivity index (χ1v) is 6.62. The summed E-state index contributed by atoms with van der Waals surface area (Å²) in [7, 11) is 4.03. The molecule has 4 heteroatoms. The van der Waals surface area contributed by atoms with Gasteiger partial charge in [0.15, 0.2) is 0 Å². The molecular weight excluding hydrogens is 214 g/mol. The second kappa shape index (κ2) is 6.36. The second-order valence-corrected chi connectivity index (χ2v) is 5.72. The third kappa shape index (κ3) is 4.28. The number of likely N-dealkylation sites (tertiary alicyclic amines) is 1. The number of carbonyl (C=O) groups is 1. The van der Waals surface area contributed by atoms with Gasteiger partial charge in [0.25, 0.3) is 0 Å². The number of likely N-dealkylation sites (N-methyl/N-ethyl adjacent to an activating group) is 1. The van der Waals surface area contributed by atoms with E-state index in [1.807, 2.05) is 11.9 Å². The van der Waals surface area contributed by atoms with E-state index in [-0.39, 0.29) is 11.9 Å². The molecule has 100 valence electrons. The van der Waals surface area contributed by atoms with Crippen molar-refractivity contribution in [1.29, 1.82) is 0 Å². The van der Waals surface area contributed by atoms with Crippen LogP contribution in [0.25, 0.3) is 0 Å². The van der Waals surface area contributed by atoms with Crippen molar-refractivity contribution in [2.75, 3.05) is 27.2 Å². The molecule has 4 nitrogen and oxygen atoms in total. The fourth-order valence-corrected chi connectivity index (χ4v) is 2.43. The smallest absolute Gasteiger partial charge is 0.239 e. The molecule has 0 aromatic heterocycles. The zero-order valence-electron chi connectivity index (χ0n) is 11.6. The van der Waals surface area contributed by atoms with Gasteiger partial charge in [-0.25, -0.2) is 0 Å². The van der Waals surface area contributed by atoms with Crippen LogP contribution in [-0.4, -0.2) is 55.0 Å². The van der Waals surface area contributed by atoms with Gasteiger partial charge in [-0.3, -0.25) is 4.79 Å². The first-order chi connectivity index (χ1) is 7.91. The van der Waals surface area contributed by atoms with Gasteiger partial charge in [-0.05, 0) is 45.3 Å². The van der Waals surface area contributed by atoms with E-state index in [0.717, 1.165) is 32.4 Å². The maximum atomic E-state index is 12.1. The van der Waals surface area contributed by atoms with Crippen molar-refractivity contribution >= 4 is 5.91 Å². The van der Waals surface area contributed by atoms with Crippen molar-refractivity contribution < 1.29 is 4.79 Å². The predicted octanol–water partition coefficient (Wildman–Crippen LogP) is 0.912. The van der Waals surface area contributed by atoms with E-state index >= 15 is 0 Å². The summed E-state index contributed by atoms with van der Waals surface area (Å²) in [5, 5.41) is 0. The Kier molecular flexibility index (Phi) is 5.40. The molecule has 1 saturated heterocycles. The monoisotopic (exact) mass is 241 g/mol. The van der Waals surface area contributed by atoms with Crippen molar-refractivity contribution in [3.05, 3.63) is 0 Å². The minimum absolute atomic E-state index is 0.105. The molecule has 17 heavy (non-hydrogen) atoms. The first-order valence-electron chi connectivity index (χ1n) is 6.62. The zero-order chi connectivity index (χ0) is 13.0. The molecule has 1 heterocycles. The third-order valence-electron chi connectivity index (χ3n) is 3.63. The van der Waals surface area contributed by atoms with Gasteiger partial charge >= 0.3 is 0 Å². The number of hydrogen-bond acceptors (Lipinski definition) is 3. The SMILES string of the molecule is CC(C)C[C@H](N)C(=O)N(C)C1CCN(C)CC1. The molecule has 0 aromatic rings. The van der Waals surface area contributed by atoms with Crippen LogP contribution in [-0.2, 0) is 4.79 Å². The Balaban J connectivity index is 2.45. The highest BCUT2D eigenvalue weighted by molar-refractivity contribution is 5.81. The number of nitrogens with zero attached hydrogens (tertiary/aromatic N) is 2. The minimum Gasteiger partial charge on any atom is -0.341 e. The van der Waals surface area contributed by atoms with E-state index in [1.165, 1.54) is 0 Å². The molecule has 0 aliphatic carbocycles. The van der Waals surface area contributed by atoms with Gasteiger partial charge in [-0.15, -0.1) is 0 Å². The molecule has 1 rings (SSSR count). The molecule has 0 bridgehead atoms. The van der Waals surface area contributed by atoms with E-state index in [9.17, 15) is 4.79 Å². The maximum absolute atomic E-state index is 12.1. The normalized spacial score (nSPS) is 20.6. The molecule has 1 amide bonds. The second-order valence-electron chi connectivity index (χ2n) is 5.72. The summed E-state index contributed by atoms with van der Waals surface area (Å²) < 4.78 is 0. The highest BCUT2D eigenvalue weighted by Gasteiger charge is 2.27. The minimum atomic E-state index is -0.334. The third-order valence-corrected chi connectivity index (χ3v) is 3.63. The molecule has 1 aliphatic rings. The zero-order valence-corrected chi connectivity index (χ0v) is 11.6. The number of nitrogens with two attached hydrogens (primary N) is 1. The van der Waals surface area contributed by atoms with Crippen molar-refractivity contribution in [3.8, 4) is 0 Å². The lowest BCUT2D eigenvalue weighted by Crippen LogP contribution is -2.50. The van der Waals surface area contributed by atoms with Gasteiger partial charge in [0.2, 0.25) is 5.91 Å². The number of piperidine rings is 1. The van der Waals surface area contributed by atoms with E-state index in [1.54, 1.807) is 0 Å². The summed E-state index contributed by atoms with van der Waals surface area (Å²) >= 11 is 0. The maximum Gasteiger partial charge on any atom is 0.239 e. The Morgan fingerprint density at radius 3 is 2.41 bits per heavy atom. The van der Waals surface area contributed by atoms with E-state index in [0.29, 0.717) is 12.0 Å². The van der Waals surface area contributed by atoms with Gasteiger partial charge in [0.1, 0.15) is 0 Å². The number of rotatable bonds is 4. The summed E-state index contributed by atoms with van der Waals surface area (Å²) in [6.07, 6.45) is 2.90. The predicted molar refractivity (Wildman–Crippen MR) is 70.7 cm³/mol. The van der Waals surface area contributed by atoms with Crippen molar-refractivity contribution in [1.82, 2.24) is 9.80 Å². The molecule has 2 N–H and O–H groups in total. The van der Waals surface area contributed by atoms with Crippen LogP contribution in [0.5, 0.6) is 0 Å². The van der Waals surface area contributed by atoms with Crippen molar-refractivity contribution in [3.63, 3.8) is 0 Å². The quantitative estimate of drug-likeness (QED) is 0.796. The molecule has 0 radical (unpaired) electrons. The molecule has 0 spiro atoms. The van der Waals surface area contributed by atoms with E-state index in [4.69, 9.17) is 5.73 Å². The highest BCUT2D eigenvalue weighted by atomic mass is 16.2. The molecule has 0 unspecified atom stereocenters. The largest absolute Gasteiger partial charge is 0.341 e. The summed E-state index contributed by atoms with van der Waals surface area (Å²) in [4.78, 5) is 16.3. The van der Waals surface area contributed by atoms with Crippen molar-refractivity contribution in [2.45, 2.75) is 45.2 Å². The molecular formula is C13H27N3O. The fourth-order valence-electron chi connectivity index (χ4n) is 2.43. The molecule has 0 saturated carbocycles. The Hall–Kier alpha value is -0.610. The fraction of sp³-hybridized carbons (Fsp3) is 0.923. The average Bonchev–Trinajstić information content (AvgIpc) is 2.27. The van der Waals surface area contributed by atoms with Crippen molar-refractivity contribution in [2.24, 2.45) is 11.7 Å². The average molecular weight is 241 g/mol. The summed E-state index contributed by atoms with van der Waals surface area (Å²) in [6.45, 7) is 6.34. The Bertz CT molecular complexity index is 247. The summed E-state index contributed by atoms with van der Waals surface area (Å²) in [6, 6.07) is 0.0385. The highest BCUT2D eigenvalue weighted by Crippen LogP contribution is 2.16. The molecule has 1 atom stereocenters. The van der Waals surface area contributed by atoms with E-state index < -0.39 is 0 Å². The van der Waals surface area contributed by atoms with Gasteiger partial charge in [0.05, 0.1) is 6.04 Å².